The topological polar surface area (TPSA) is 84.2 Å². The van der Waals surface area contributed by atoms with Crippen molar-refractivity contribution in [3.63, 3.8) is 0 Å². The maximum Gasteiger partial charge on any atom is 0.217 e. The van der Waals surface area contributed by atoms with Crippen molar-refractivity contribution in [1.29, 1.82) is 0 Å². The van der Waals surface area contributed by atoms with Gasteiger partial charge in [-0.25, -0.2) is 8.42 Å². The first-order valence-corrected chi connectivity index (χ1v) is 14.2. The van der Waals surface area contributed by atoms with Gasteiger partial charge in [0.05, 0.1) is 17.0 Å². The number of sulfonamides is 1. The number of aromatic nitrogens is 4. The van der Waals surface area contributed by atoms with Crippen LogP contribution in [-0.4, -0.2) is 69.3 Å². The van der Waals surface area contributed by atoms with Crippen LogP contribution in [0.1, 0.15) is 83.0 Å². The summed E-state index contributed by atoms with van der Waals surface area (Å²) in [6.45, 7) is 4.76. The van der Waals surface area contributed by atoms with Gasteiger partial charge in [0.2, 0.25) is 10.0 Å². The van der Waals surface area contributed by atoms with E-state index in [0.29, 0.717) is 26.2 Å². The van der Waals surface area contributed by atoms with Crippen molar-refractivity contribution in [3.05, 3.63) is 36.2 Å². The zero-order valence-corrected chi connectivity index (χ0v) is 20.7. The van der Waals surface area contributed by atoms with Crippen molar-refractivity contribution in [2.24, 2.45) is 0 Å². The highest BCUT2D eigenvalue weighted by Gasteiger charge is 2.37. The summed E-state index contributed by atoms with van der Waals surface area (Å²) in [7, 11) is -3.20. The summed E-state index contributed by atoms with van der Waals surface area (Å²) in [5.74, 6) is 0.848. The van der Waals surface area contributed by atoms with Crippen LogP contribution in [0.2, 0.25) is 0 Å². The summed E-state index contributed by atoms with van der Waals surface area (Å²) in [5, 5.41) is 12.5. The molecule has 8 nitrogen and oxygen atoms in total. The molecular weight excluding hydrogens is 436 g/mol. The van der Waals surface area contributed by atoms with E-state index in [2.05, 4.69) is 27.3 Å². The molecule has 2 heterocycles. The first-order chi connectivity index (χ1) is 16.1. The third kappa shape index (κ3) is 5.81. The Labute approximate surface area is 198 Å². The second-order valence-corrected chi connectivity index (χ2v) is 11.6. The molecular formula is C24H38N6O2S. The molecule has 1 aromatic heterocycles. The van der Waals surface area contributed by atoms with Crippen molar-refractivity contribution in [3.8, 4) is 5.69 Å². The van der Waals surface area contributed by atoms with Gasteiger partial charge in [0.1, 0.15) is 0 Å². The standard InChI is InChI=1S/C24H38N6O2S/c1-2-3-4-11-16-23(24-25-26-27-30(24)21-12-7-5-8-13-21)28-17-19-29(20-18-28)33(31,32)22-14-9-6-10-15-22/h5,7-8,12-13,22-23H,2-4,6,9-11,14-20H2,1H3. The highest BCUT2D eigenvalue weighted by molar-refractivity contribution is 7.89. The van der Waals surface area contributed by atoms with Gasteiger partial charge in [0, 0.05) is 26.2 Å². The first-order valence-electron chi connectivity index (χ1n) is 12.7. The van der Waals surface area contributed by atoms with Crippen molar-refractivity contribution >= 4 is 10.0 Å². The second-order valence-electron chi connectivity index (χ2n) is 9.39. The number of rotatable bonds is 10. The van der Waals surface area contributed by atoms with Crippen molar-refractivity contribution < 1.29 is 8.42 Å². The van der Waals surface area contributed by atoms with Crippen LogP contribution in [0.25, 0.3) is 5.69 Å². The van der Waals surface area contributed by atoms with Crippen molar-refractivity contribution in [2.45, 2.75) is 82.4 Å². The summed E-state index contributed by atoms with van der Waals surface area (Å²) < 4.78 is 30.0. The molecule has 0 spiro atoms. The molecule has 2 aliphatic rings. The van der Waals surface area contributed by atoms with Crippen LogP contribution in [0.3, 0.4) is 0 Å². The fraction of sp³-hybridized carbons (Fsp3) is 0.708. The second kappa shape index (κ2) is 11.5. The van der Waals surface area contributed by atoms with Crippen LogP contribution in [-0.2, 0) is 10.0 Å². The Morgan fingerprint density at radius 1 is 0.970 bits per heavy atom. The highest BCUT2D eigenvalue weighted by Crippen LogP contribution is 2.30. The minimum absolute atomic E-state index is 0.0802. The highest BCUT2D eigenvalue weighted by atomic mass is 32.2. The van der Waals surface area contributed by atoms with E-state index in [1.807, 2.05) is 35.0 Å². The molecule has 1 saturated carbocycles. The molecule has 1 atom stereocenters. The fourth-order valence-electron chi connectivity index (χ4n) is 5.24. The van der Waals surface area contributed by atoms with E-state index < -0.39 is 10.0 Å². The van der Waals surface area contributed by atoms with Gasteiger partial charge in [-0.3, -0.25) is 4.90 Å². The number of hydrogen-bond donors (Lipinski definition) is 0. The van der Waals surface area contributed by atoms with E-state index >= 15 is 0 Å². The SMILES string of the molecule is CCCCCCC(c1nnnn1-c1ccccc1)N1CCN(S(=O)(=O)C2CCCCC2)CC1. The molecule has 4 rings (SSSR count). The number of unbranched alkanes of at least 4 members (excludes halogenated alkanes) is 3. The van der Waals surface area contributed by atoms with Gasteiger partial charge in [0.25, 0.3) is 0 Å². The van der Waals surface area contributed by atoms with Crippen LogP contribution in [0.5, 0.6) is 0 Å². The van der Waals surface area contributed by atoms with Crippen LogP contribution >= 0.6 is 0 Å². The van der Waals surface area contributed by atoms with Crippen LogP contribution in [0.4, 0.5) is 0 Å². The van der Waals surface area contributed by atoms with Gasteiger partial charge in [0.15, 0.2) is 5.82 Å². The summed E-state index contributed by atoms with van der Waals surface area (Å²) >= 11 is 0. The molecule has 0 radical (unpaired) electrons. The zero-order chi connectivity index (χ0) is 23.1. The molecule has 0 N–H and O–H groups in total. The molecule has 1 aliphatic carbocycles. The molecule has 1 unspecified atom stereocenters. The lowest BCUT2D eigenvalue weighted by molar-refractivity contribution is 0.121. The Morgan fingerprint density at radius 3 is 2.39 bits per heavy atom. The number of tetrazole rings is 1. The monoisotopic (exact) mass is 474 g/mol. The minimum Gasteiger partial charge on any atom is -0.291 e. The van der Waals surface area contributed by atoms with Gasteiger partial charge in [-0.1, -0.05) is 70.1 Å². The third-order valence-electron chi connectivity index (χ3n) is 7.17. The molecule has 9 heteroatoms. The Hall–Kier alpha value is -1.84. The number of hydrogen-bond acceptors (Lipinski definition) is 6. The lowest BCUT2D eigenvalue weighted by atomic mass is 10.0. The van der Waals surface area contributed by atoms with Gasteiger partial charge < -0.3 is 0 Å². The Kier molecular flexibility index (Phi) is 8.49. The average molecular weight is 475 g/mol. The normalized spacial score (nSPS) is 20.2. The molecule has 1 aromatic carbocycles. The lowest BCUT2D eigenvalue weighted by Crippen LogP contribution is -2.52. The molecule has 2 fully saturated rings. The summed E-state index contributed by atoms with van der Waals surface area (Å²) in [6.07, 6.45) is 10.6. The van der Waals surface area contributed by atoms with E-state index in [0.717, 1.165) is 56.5 Å². The Bertz CT molecular complexity index is 950. The maximum atomic E-state index is 13.2. The predicted octanol–water partition coefficient (Wildman–Crippen LogP) is 3.95. The smallest absolute Gasteiger partial charge is 0.217 e. The number of piperazine rings is 1. The van der Waals surface area contributed by atoms with E-state index in [1.165, 1.54) is 19.3 Å². The largest absolute Gasteiger partial charge is 0.291 e. The number of para-hydroxylation sites is 1. The lowest BCUT2D eigenvalue weighted by Gasteiger charge is -2.39. The number of benzene rings is 1. The predicted molar refractivity (Wildman–Crippen MR) is 130 cm³/mol. The van der Waals surface area contributed by atoms with E-state index in [4.69, 9.17) is 0 Å². The van der Waals surface area contributed by atoms with E-state index in [1.54, 1.807) is 4.31 Å². The van der Waals surface area contributed by atoms with Crippen LogP contribution < -0.4 is 0 Å². The number of nitrogens with zero attached hydrogens (tertiary/aromatic N) is 6. The van der Waals surface area contributed by atoms with E-state index in [9.17, 15) is 8.42 Å². The summed E-state index contributed by atoms with van der Waals surface area (Å²) in [5.41, 5.74) is 0.953. The first kappa shape index (κ1) is 24.3. The van der Waals surface area contributed by atoms with Gasteiger partial charge in [-0.15, -0.1) is 5.10 Å². The molecule has 0 amide bonds. The minimum atomic E-state index is -3.20. The Balaban J connectivity index is 1.48. The van der Waals surface area contributed by atoms with Crippen molar-refractivity contribution in [2.75, 3.05) is 26.2 Å². The van der Waals surface area contributed by atoms with Gasteiger partial charge >= 0.3 is 0 Å². The van der Waals surface area contributed by atoms with Crippen LogP contribution in [0, 0.1) is 0 Å². The molecule has 0 bridgehead atoms. The van der Waals surface area contributed by atoms with Crippen LogP contribution in [0.15, 0.2) is 30.3 Å². The van der Waals surface area contributed by atoms with Crippen molar-refractivity contribution in [1.82, 2.24) is 29.4 Å². The molecule has 1 aliphatic heterocycles. The molecule has 2 aromatic rings. The maximum absolute atomic E-state index is 13.2. The summed E-state index contributed by atoms with van der Waals surface area (Å²) in [4.78, 5) is 2.39. The average Bonchev–Trinajstić information content (AvgIpc) is 3.35. The quantitative estimate of drug-likeness (QED) is 0.485. The summed E-state index contributed by atoms with van der Waals surface area (Å²) in [6, 6.07) is 10.1. The molecule has 1 saturated heterocycles. The molecule has 182 valence electrons. The molecule has 33 heavy (non-hydrogen) atoms. The third-order valence-corrected chi connectivity index (χ3v) is 9.57. The zero-order valence-electron chi connectivity index (χ0n) is 19.8. The van der Waals surface area contributed by atoms with E-state index in [-0.39, 0.29) is 11.3 Å². The van der Waals surface area contributed by atoms with Gasteiger partial charge in [-0.05, 0) is 41.8 Å². The fourth-order valence-corrected chi connectivity index (χ4v) is 7.26. The Morgan fingerprint density at radius 2 is 1.70 bits per heavy atom. The van der Waals surface area contributed by atoms with Gasteiger partial charge in [-0.2, -0.15) is 8.99 Å².